The molecule has 0 saturated carbocycles. The first-order valence-corrected chi connectivity index (χ1v) is 9.13. The van der Waals surface area contributed by atoms with Crippen LogP contribution in [0, 0.1) is 5.82 Å². The van der Waals surface area contributed by atoms with E-state index in [1.54, 1.807) is 18.2 Å². The molecule has 0 atom stereocenters. The second kappa shape index (κ2) is 7.10. The summed E-state index contributed by atoms with van der Waals surface area (Å²) < 4.78 is 40.0. The average Bonchev–Trinajstić information content (AvgIpc) is 2.50. The van der Waals surface area contributed by atoms with Gasteiger partial charge in [-0.05, 0) is 37.3 Å². The molecule has 2 aromatic rings. The molecule has 122 valence electrons. The molecule has 8 heteroatoms. The molecule has 1 amide bonds. The third kappa shape index (κ3) is 4.52. The van der Waals surface area contributed by atoms with Crippen LogP contribution in [0.3, 0.4) is 0 Å². The van der Waals surface area contributed by atoms with Gasteiger partial charge >= 0.3 is 0 Å². The van der Waals surface area contributed by atoms with Gasteiger partial charge in [0.05, 0.1) is 22.7 Å². The molecular weight excluding hydrogens is 387 g/mol. The maximum Gasteiger partial charge on any atom is 0.257 e. The fraction of sp³-hybridized carbons (Fsp3) is 0.133. The predicted molar refractivity (Wildman–Crippen MR) is 91.6 cm³/mol. The number of benzene rings is 2. The number of hydrogen-bond donors (Lipinski definition) is 2. The molecule has 0 radical (unpaired) electrons. The van der Waals surface area contributed by atoms with E-state index in [0.717, 1.165) is 0 Å². The van der Waals surface area contributed by atoms with E-state index in [-0.39, 0.29) is 22.7 Å². The van der Waals surface area contributed by atoms with E-state index in [0.29, 0.717) is 4.47 Å². The SMILES string of the molecule is CCS(=O)(=O)Nc1ccccc1C(=O)Nc1ccc(Br)cc1F. The minimum atomic E-state index is -3.53. The van der Waals surface area contributed by atoms with Crippen LogP contribution in [0.1, 0.15) is 17.3 Å². The van der Waals surface area contributed by atoms with Crippen molar-refractivity contribution in [1.29, 1.82) is 0 Å². The van der Waals surface area contributed by atoms with Crippen LogP contribution < -0.4 is 10.0 Å². The summed E-state index contributed by atoms with van der Waals surface area (Å²) in [7, 11) is -3.53. The van der Waals surface area contributed by atoms with Crippen LogP contribution in [0.4, 0.5) is 15.8 Å². The number of nitrogens with one attached hydrogen (secondary N) is 2. The van der Waals surface area contributed by atoms with E-state index in [2.05, 4.69) is 26.0 Å². The summed E-state index contributed by atoms with van der Waals surface area (Å²) in [6.07, 6.45) is 0. The number of halogens is 2. The van der Waals surface area contributed by atoms with E-state index in [9.17, 15) is 17.6 Å². The van der Waals surface area contributed by atoms with Gasteiger partial charge in [-0.2, -0.15) is 0 Å². The highest BCUT2D eigenvalue weighted by atomic mass is 79.9. The third-order valence-corrected chi connectivity index (χ3v) is 4.78. The van der Waals surface area contributed by atoms with Crippen LogP contribution in [-0.4, -0.2) is 20.1 Å². The standard InChI is InChI=1S/C15H14BrFN2O3S/c1-2-23(21,22)19-13-6-4-3-5-11(13)15(20)18-14-8-7-10(16)9-12(14)17/h3-9,19H,2H2,1H3,(H,18,20). The van der Waals surface area contributed by atoms with E-state index in [1.165, 1.54) is 31.2 Å². The fourth-order valence-electron chi connectivity index (χ4n) is 1.79. The number of para-hydroxylation sites is 1. The van der Waals surface area contributed by atoms with Gasteiger partial charge in [0.1, 0.15) is 5.82 Å². The first-order valence-electron chi connectivity index (χ1n) is 6.68. The number of rotatable bonds is 5. The lowest BCUT2D eigenvalue weighted by atomic mass is 10.1. The van der Waals surface area contributed by atoms with Crippen LogP contribution in [0.25, 0.3) is 0 Å². The molecule has 0 aromatic heterocycles. The topological polar surface area (TPSA) is 75.3 Å². The van der Waals surface area contributed by atoms with Crippen molar-refractivity contribution in [2.75, 3.05) is 15.8 Å². The zero-order chi connectivity index (χ0) is 17.0. The number of sulfonamides is 1. The first-order chi connectivity index (χ1) is 10.8. The summed E-state index contributed by atoms with van der Waals surface area (Å²) in [5, 5.41) is 2.43. The number of carbonyl (C=O) groups excluding carboxylic acids is 1. The Hall–Kier alpha value is -1.93. The maximum atomic E-state index is 13.8. The van der Waals surface area contributed by atoms with Gasteiger partial charge in [-0.3, -0.25) is 9.52 Å². The molecule has 0 aliphatic rings. The van der Waals surface area contributed by atoms with E-state index < -0.39 is 21.7 Å². The van der Waals surface area contributed by atoms with Crippen molar-refractivity contribution in [3.63, 3.8) is 0 Å². The number of amides is 1. The van der Waals surface area contributed by atoms with Crippen LogP contribution in [-0.2, 0) is 10.0 Å². The largest absolute Gasteiger partial charge is 0.319 e. The Balaban J connectivity index is 2.29. The third-order valence-electron chi connectivity index (χ3n) is 3.00. The van der Waals surface area contributed by atoms with E-state index in [4.69, 9.17) is 0 Å². The Morgan fingerprint density at radius 2 is 1.87 bits per heavy atom. The van der Waals surface area contributed by atoms with Gasteiger partial charge in [0.15, 0.2) is 0 Å². The summed E-state index contributed by atoms with van der Waals surface area (Å²) in [4.78, 5) is 12.3. The minimum Gasteiger partial charge on any atom is -0.319 e. The maximum absolute atomic E-state index is 13.8. The van der Waals surface area contributed by atoms with Crippen molar-refractivity contribution in [2.24, 2.45) is 0 Å². The fourth-order valence-corrected chi connectivity index (χ4v) is 2.78. The lowest BCUT2D eigenvalue weighted by Crippen LogP contribution is -2.19. The summed E-state index contributed by atoms with van der Waals surface area (Å²) in [5.74, 6) is -1.33. The second-order valence-corrected chi connectivity index (χ2v) is 7.56. The molecule has 0 aliphatic heterocycles. The van der Waals surface area contributed by atoms with Crippen molar-refractivity contribution in [3.8, 4) is 0 Å². The van der Waals surface area contributed by atoms with Gasteiger partial charge < -0.3 is 5.32 Å². The summed E-state index contributed by atoms with van der Waals surface area (Å²) in [6.45, 7) is 1.49. The Labute approximate surface area is 142 Å². The molecule has 2 rings (SSSR count). The van der Waals surface area contributed by atoms with Crippen molar-refractivity contribution in [1.82, 2.24) is 0 Å². The molecule has 2 aromatic carbocycles. The van der Waals surface area contributed by atoms with Crippen molar-refractivity contribution < 1.29 is 17.6 Å². The number of carbonyl (C=O) groups is 1. The zero-order valence-corrected chi connectivity index (χ0v) is 14.5. The van der Waals surface area contributed by atoms with Crippen LogP contribution in [0.5, 0.6) is 0 Å². The Morgan fingerprint density at radius 3 is 2.52 bits per heavy atom. The number of hydrogen-bond acceptors (Lipinski definition) is 3. The lowest BCUT2D eigenvalue weighted by molar-refractivity contribution is 0.102. The van der Waals surface area contributed by atoms with Crippen LogP contribution in [0.2, 0.25) is 0 Å². The highest BCUT2D eigenvalue weighted by Crippen LogP contribution is 2.22. The molecule has 0 unspecified atom stereocenters. The molecule has 0 heterocycles. The average molecular weight is 401 g/mol. The van der Waals surface area contributed by atoms with Gasteiger partial charge in [0, 0.05) is 4.47 Å². The molecule has 0 fully saturated rings. The normalized spacial score (nSPS) is 11.1. The molecule has 23 heavy (non-hydrogen) atoms. The zero-order valence-electron chi connectivity index (χ0n) is 12.1. The lowest BCUT2D eigenvalue weighted by Gasteiger charge is -2.12. The molecule has 5 nitrogen and oxygen atoms in total. The summed E-state index contributed by atoms with van der Waals surface area (Å²) in [6, 6.07) is 10.3. The van der Waals surface area contributed by atoms with Gasteiger partial charge in [0.2, 0.25) is 10.0 Å². The molecule has 0 aliphatic carbocycles. The summed E-state index contributed by atoms with van der Waals surface area (Å²) >= 11 is 3.13. The first kappa shape index (κ1) is 17.4. The minimum absolute atomic E-state index is 0.00588. The molecular formula is C15H14BrFN2O3S. The second-order valence-electron chi connectivity index (χ2n) is 4.63. The Kier molecular flexibility index (Phi) is 5.38. The quantitative estimate of drug-likeness (QED) is 0.804. The Bertz CT molecular complexity index is 840. The van der Waals surface area contributed by atoms with Crippen molar-refractivity contribution >= 4 is 43.2 Å². The van der Waals surface area contributed by atoms with Gasteiger partial charge in [-0.15, -0.1) is 0 Å². The molecule has 0 spiro atoms. The van der Waals surface area contributed by atoms with Crippen LogP contribution >= 0.6 is 15.9 Å². The predicted octanol–water partition coefficient (Wildman–Crippen LogP) is 3.60. The van der Waals surface area contributed by atoms with E-state index in [1.807, 2.05) is 0 Å². The molecule has 2 N–H and O–H groups in total. The van der Waals surface area contributed by atoms with E-state index >= 15 is 0 Å². The monoisotopic (exact) mass is 400 g/mol. The smallest absolute Gasteiger partial charge is 0.257 e. The van der Waals surface area contributed by atoms with Crippen LogP contribution in [0.15, 0.2) is 46.9 Å². The number of anilines is 2. The van der Waals surface area contributed by atoms with Gasteiger partial charge in [0.25, 0.3) is 5.91 Å². The van der Waals surface area contributed by atoms with Gasteiger partial charge in [-0.25, -0.2) is 12.8 Å². The molecule has 0 saturated heterocycles. The van der Waals surface area contributed by atoms with Crippen molar-refractivity contribution in [2.45, 2.75) is 6.92 Å². The summed E-state index contributed by atoms with van der Waals surface area (Å²) in [5.41, 5.74) is 0.252. The Morgan fingerprint density at radius 1 is 1.17 bits per heavy atom. The van der Waals surface area contributed by atoms with Gasteiger partial charge in [-0.1, -0.05) is 28.1 Å². The molecule has 0 bridgehead atoms. The highest BCUT2D eigenvalue weighted by molar-refractivity contribution is 9.10. The van der Waals surface area contributed by atoms with Crippen molar-refractivity contribution in [3.05, 3.63) is 58.3 Å². The highest BCUT2D eigenvalue weighted by Gasteiger charge is 2.16.